The third-order valence-electron chi connectivity index (χ3n) is 4.33. The first kappa shape index (κ1) is 20.9. The van der Waals surface area contributed by atoms with Crippen LogP contribution in [0.1, 0.15) is 27.0 Å². The lowest BCUT2D eigenvalue weighted by Crippen LogP contribution is -2.31. The smallest absolute Gasteiger partial charge is 0.340 e. The van der Waals surface area contributed by atoms with E-state index in [2.05, 4.69) is 5.32 Å². The van der Waals surface area contributed by atoms with Crippen molar-refractivity contribution in [3.8, 4) is 0 Å². The zero-order chi connectivity index (χ0) is 21.0. The van der Waals surface area contributed by atoms with Crippen LogP contribution >= 0.6 is 0 Å². The molecule has 0 aliphatic rings. The number of carbonyl (C=O) groups is 2. The Morgan fingerprint density at radius 2 is 1.75 bits per heavy atom. The second kappa shape index (κ2) is 8.51. The molecule has 1 amide bonds. The predicted octanol–water partition coefficient (Wildman–Crippen LogP) is 3.38. The highest BCUT2D eigenvalue weighted by atomic mass is 16.6. The van der Waals surface area contributed by atoms with Crippen LogP contribution in [0.2, 0.25) is 0 Å². The van der Waals surface area contributed by atoms with Crippen molar-refractivity contribution in [2.24, 2.45) is 0 Å². The van der Waals surface area contributed by atoms with E-state index in [9.17, 15) is 19.7 Å². The van der Waals surface area contributed by atoms with E-state index < -0.39 is 10.9 Å². The zero-order valence-electron chi connectivity index (χ0n) is 16.5. The first-order valence-corrected chi connectivity index (χ1v) is 8.59. The molecule has 0 aliphatic carbocycles. The summed E-state index contributed by atoms with van der Waals surface area (Å²) < 4.78 is 4.72. The lowest BCUT2D eigenvalue weighted by Gasteiger charge is -2.22. The Kier molecular flexibility index (Phi) is 6.35. The second-order valence-electron chi connectivity index (χ2n) is 6.63. The molecule has 8 heteroatoms. The maximum atomic E-state index is 12.5. The number of aryl methyl sites for hydroxylation is 3. The molecule has 0 atom stereocenters. The molecule has 2 aromatic rings. The van der Waals surface area contributed by atoms with E-state index in [-0.39, 0.29) is 23.7 Å². The van der Waals surface area contributed by atoms with Crippen molar-refractivity contribution in [1.82, 2.24) is 0 Å². The van der Waals surface area contributed by atoms with Crippen molar-refractivity contribution in [1.29, 1.82) is 0 Å². The monoisotopic (exact) mass is 385 g/mol. The summed E-state index contributed by atoms with van der Waals surface area (Å²) in [7, 11) is 2.82. The van der Waals surface area contributed by atoms with E-state index in [0.29, 0.717) is 5.69 Å². The minimum Gasteiger partial charge on any atom is -0.465 e. The van der Waals surface area contributed by atoms with Crippen LogP contribution in [-0.2, 0) is 9.53 Å². The number of anilines is 2. The largest absolute Gasteiger partial charge is 0.465 e. The van der Waals surface area contributed by atoms with Crippen molar-refractivity contribution in [2.75, 3.05) is 30.9 Å². The summed E-state index contributed by atoms with van der Waals surface area (Å²) in [4.78, 5) is 36.5. The summed E-state index contributed by atoms with van der Waals surface area (Å²) >= 11 is 0. The lowest BCUT2D eigenvalue weighted by atomic mass is 10.1. The van der Waals surface area contributed by atoms with Gasteiger partial charge in [-0.2, -0.15) is 0 Å². The van der Waals surface area contributed by atoms with Crippen LogP contribution in [0.5, 0.6) is 0 Å². The van der Waals surface area contributed by atoms with Gasteiger partial charge < -0.3 is 15.0 Å². The number of esters is 1. The molecule has 1 N–H and O–H groups in total. The van der Waals surface area contributed by atoms with Crippen molar-refractivity contribution in [2.45, 2.75) is 20.8 Å². The Labute approximate surface area is 163 Å². The Hall–Kier alpha value is -3.42. The minimum absolute atomic E-state index is 0.0229. The van der Waals surface area contributed by atoms with Gasteiger partial charge in [-0.05, 0) is 38.0 Å². The van der Waals surface area contributed by atoms with Gasteiger partial charge in [-0.15, -0.1) is 0 Å². The number of hydrogen-bond acceptors (Lipinski definition) is 6. The highest BCUT2D eigenvalue weighted by Gasteiger charge is 2.21. The molecule has 0 radical (unpaired) electrons. The highest BCUT2D eigenvalue weighted by Crippen LogP contribution is 2.26. The third kappa shape index (κ3) is 4.64. The van der Waals surface area contributed by atoms with Crippen molar-refractivity contribution < 1.29 is 19.2 Å². The molecule has 0 unspecified atom stereocenters. The van der Waals surface area contributed by atoms with Crippen molar-refractivity contribution in [3.05, 3.63) is 62.7 Å². The van der Waals surface area contributed by atoms with E-state index in [1.807, 2.05) is 32.9 Å². The number of rotatable bonds is 6. The number of methoxy groups -OCH3 is 1. The zero-order valence-corrected chi connectivity index (χ0v) is 16.5. The van der Waals surface area contributed by atoms with Gasteiger partial charge in [-0.25, -0.2) is 4.79 Å². The molecule has 8 nitrogen and oxygen atoms in total. The maximum Gasteiger partial charge on any atom is 0.340 e. The Bertz CT molecular complexity index is 916. The molecule has 0 bridgehead atoms. The number of nitrogens with one attached hydrogen (secondary N) is 1. The van der Waals surface area contributed by atoms with Gasteiger partial charge in [-0.3, -0.25) is 14.9 Å². The number of carbonyl (C=O) groups excluding carboxylic acids is 2. The quantitative estimate of drug-likeness (QED) is 0.465. The van der Waals surface area contributed by atoms with Gasteiger partial charge in [0.15, 0.2) is 0 Å². The van der Waals surface area contributed by atoms with Gasteiger partial charge in [-0.1, -0.05) is 17.7 Å². The Balaban J connectivity index is 2.25. The number of nitrogens with zero attached hydrogens (tertiary/aromatic N) is 2. The molecule has 0 aromatic heterocycles. The Morgan fingerprint density at radius 1 is 1.14 bits per heavy atom. The molecule has 0 spiro atoms. The number of nitro benzene ring substituents is 1. The Morgan fingerprint density at radius 3 is 2.29 bits per heavy atom. The lowest BCUT2D eigenvalue weighted by molar-refractivity contribution is -0.384. The first-order chi connectivity index (χ1) is 13.1. The second-order valence-corrected chi connectivity index (χ2v) is 6.63. The van der Waals surface area contributed by atoms with Crippen molar-refractivity contribution in [3.63, 3.8) is 0 Å². The molecular weight excluding hydrogens is 362 g/mol. The van der Waals surface area contributed by atoms with E-state index in [4.69, 9.17) is 4.74 Å². The minimum atomic E-state index is -0.712. The van der Waals surface area contributed by atoms with Crippen LogP contribution in [0.15, 0.2) is 30.3 Å². The average Bonchev–Trinajstić information content (AvgIpc) is 2.63. The van der Waals surface area contributed by atoms with E-state index in [0.717, 1.165) is 28.4 Å². The highest BCUT2D eigenvalue weighted by molar-refractivity contribution is 5.99. The van der Waals surface area contributed by atoms with Gasteiger partial charge in [0.05, 0.1) is 29.8 Å². The molecule has 2 rings (SSSR count). The molecule has 2 aromatic carbocycles. The first-order valence-electron chi connectivity index (χ1n) is 8.59. The fraction of sp³-hybridized carbons (Fsp3) is 0.300. The van der Waals surface area contributed by atoms with Gasteiger partial charge in [0.2, 0.25) is 5.91 Å². The normalized spacial score (nSPS) is 10.3. The number of benzene rings is 2. The van der Waals surface area contributed by atoms with Crippen LogP contribution in [0.3, 0.4) is 0 Å². The summed E-state index contributed by atoms with van der Waals surface area (Å²) in [5, 5.41) is 13.9. The summed E-state index contributed by atoms with van der Waals surface area (Å²) in [6.45, 7) is 5.78. The molecule has 148 valence electrons. The van der Waals surface area contributed by atoms with E-state index in [1.165, 1.54) is 19.2 Å². The SMILES string of the molecule is COC(=O)c1cc([N+](=O)[O-])ccc1N(C)CC(=O)Nc1c(C)cc(C)cc1C. The summed E-state index contributed by atoms with van der Waals surface area (Å²) in [5.74, 6) is -0.983. The molecule has 0 fully saturated rings. The number of amides is 1. The predicted molar refractivity (Wildman–Crippen MR) is 107 cm³/mol. The number of likely N-dealkylation sites (N-methyl/N-ethyl adjacent to an activating group) is 1. The van der Waals surface area contributed by atoms with Gasteiger partial charge in [0, 0.05) is 24.9 Å². The summed E-state index contributed by atoms with van der Waals surface area (Å²) in [6.07, 6.45) is 0. The van der Waals surface area contributed by atoms with Gasteiger partial charge in [0.25, 0.3) is 5.69 Å². The fourth-order valence-electron chi connectivity index (χ4n) is 3.10. The number of hydrogen-bond donors (Lipinski definition) is 1. The van der Waals surface area contributed by atoms with E-state index in [1.54, 1.807) is 11.9 Å². The van der Waals surface area contributed by atoms with Crippen LogP contribution in [0.25, 0.3) is 0 Å². The third-order valence-corrected chi connectivity index (χ3v) is 4.33. The van der Waals surface area contributed by atoms with Crippen LogP contribution in [-0.4, -0.2) is 37.5 Å². The summed E-state index contributed by atoms with van der Waals surface area (Å²) in [6, 6.07) is 7.82. The topological polar surface area (TPSA) is 102 Å². The average molecular weight is 385 g/mol. The molecular formula is C20H23N3O5. The standard InChI is InChI=1S/C20H23N3O5/c1-12-8-13(2)19(14(3)9-12)21-18(24)11-22(4)17-7-6-15(23(26)27)10-16(17)20(25)28-5/h6-10H,11H2,1-5H3,(H,21,24). The molecule has 0 saturated carbocycles. The maximum absolute atomic E-state index is 12.5. The van der Waals surface area contributed by atoms with Crippen LogP contribution < -0.4 is 10.2 Å². The molecule has 0 aliphatic heterocycles. The summed E-state index contributed by atoms with van der Waals surface area (Å²) in [5.41, 5.74) is 3.94. The van der Waals surface area contributed by atoms with Gasteiger partial charge in [0.1, 0.15) is 0 Å². The molecule has 0 saturated heterocycles. The van der Waals surface area contributed by atoms with Crippen LogP contribution in [0.4, 0.5) is 17.1 Å². The number of ether oxygens (including phenoxy) is 1. The molecule has 0 heterocycles. The number of non-ortho nitro benzene ring substituents is 1. The fourth-order valence-corrected chi connectivity index (χ4v) is 3.10. The van der Waals surface area contributed by atoms with Crippen LogP contribution in [0, 0.1) is 30.9 Å². The molecule has 28 heavy (non-hydrogen) atoms. The number of nitro groups is 1. The van der Waals surface area contributed by atoms with Crippen molar-refractivity contribution >= 4 is 28.9 Å². The van der Waals surface area contributed by atoms with Gasteiger partial charge >= 0.3 is 5.97 Å². The van der Waals surface area contributed by atoms with E-state index >= 15 is 0 Å².